The van der Waals surface area contributed by atoms with Crippen LogP contribution in [0.3, 0.4) is 0 Å². The lowest BCUT2D eigenvalue weighted by molar-refractivity contribution is -0.142. The molecule has 6 heteroatoms. The molecule has 6 nitrogen and oxygen atoms in total. The molecule has 0 aliphatic heterocycles. The number of likely N-dealkylation sites (N-methyl/N-ethyl adjacent to an activating group) is 1. The molecule has 1 atom stereocenters. The molecule has 21 heavy (non-hydrogen) atoms. The summed E-state index contributed by atoms with van der Waals surface area (Å²) >= 11 is 0. The van der Waals surface area contributed by atoms with Crippen molar-refractivity contribution in [2.45, 2.75) is 52.1 Å². The van der Waals surface area contributed by atoms with Crippen molar-refractivity contribution in [1.29, 1.82) is 0 Å². The van der Waals surface area contributed by atoms with Gasteiger partial charge in [0, 0.05) is 24.3 Å². The van der Waals surface area contributed by atoms with Gasteiger partial charge < -0.3 is 9.64 Å². The maximum Gasteiger partial charge on any atom is 0.312 e. The zero-order valence-electron chi connectivity index (χ0n) is 13.3. The second kappa shape index (κ2) is 5.87. The average Bonchev–Trinajstić information content (AvgIpc) is 3.25. The van der Waals surface area contributed by atoms with Crippen LogP contribution in [0.25, 0.3) is 0 Å². The number of esters is 1. The number of hydrogen-bond donors (Lipinski definition) is 0. The fourth-order valence-corrected chi connectivity index (χ4v) is 2.69. The van der Waals surface area contributed by atoms with E-state index in [-0.39, 0.29) is 24.3 Å². The van der Waals surface area contributed by atoms with Crippen LogP contribution in [0.2, 0.25) is 0 Å². The van der Waals surface area contributed by atoms with Crippen LogP contribution in [0, 0.1) is 13.8 Å². The Morgan fingerprint density at radius 3 is 2.57 bits per heavy atom. The SMILES string of the molecule is COC(=O)[C@@H](C)c1c(C)nn(CC(=O)N(C)C2CC2)c1C. The van der Waals surface area contributed by atoms with Crippen molar-refractivity contribution in [3.63, 3.8) is 0 Å². The van der Waals surface area contributed by atoms with E-state index in [2.05, 4.69) is 5.10 Å². The van der Waals surface area contributed by atoms with Crippen LogP contribution in [0.15, 0.2) is 0 Å². The van der Waals surface area contributed by atoms with Gasteiger partial charge in [0.15, 0.2) is 0 Å². The summed E-state index contributed by atoms with van der Waals surface area (Å²) in [6.07, 6.45) is 2.17. The van der Waals surface area contributed by atoms with Crippen molar-refractivity contribution in [3.8, 4) is 0 Å². The highest BCUT2D eigenvalue weighted by molar-refractivity contribution is 5.79. The first-order chi connectivity index (χ1) is 9.86. The number of hydrogen-bond acceptors (Lipinski definition) is 4. The Kier molecular flexibility index (Phi) is 4.34. The van der Waals surface area contributed by atoms with Gasteiger partial charge in [-0.15, -0.1) is 0 Å². The van der Waals surface area contributed by atoms with Crippen LogP contribution in [0.5, 0.6) is 0 Å². The molecule has 2 rings (SSSR count). The summed E-state index contributed by atoms with van der Waals surface area (Å²) in [6.45, 7) is 5.76. The molecule has 1 aliphatic carbocycles. The second-order valence-corrected chi connectivity index (χ2v) is 5.72. The molecule has 0 saturated heterocycles. The predicted molar refractivity (Wildman–Crippen MR) is 77.9 cm³/mol. The minimum atomic E-state index is -0.375. The van der Waals surface area contributed by atoms with E-state index >= 15 is 0 Å². The normalized spacial score (nSPS) is 15.7. The first-order valence-corrected chi connectivity index (χ1v) is 7.24. The van der Waals surface area contributed by atoms with Gasteiger partial charge in [-0.05, 0) is 33.6 Å². The molecule has 0 N–H and O–H groups in total. The van der Waals surface area contributed by atoms with Gasteiger partial charge >= 0.3 is 5.97 Å². The Labute approximate surface area is 125 Å². The summed E-state index contributed by atoms with van der Waals surface area (Å²) in [6, 6.07) is 0.392. The number of rotatable bonds is 5. The van der Waals surface area contributed by atoms with Crippen LogP contribution >= 0.6 is 0 Å². The van der Waals surface area contributed by atoms with Crippen molar-refractivity contribution < 1.29 is 14.3 Å². The minimum Gasteiger partial charge on any atom is -0.469 e. The van der Waals surface area contributed by atoms with Crippen LogP contribution in [0.1, 0.15) is 42.6 Å². The summed E-state index contributed by atoms with van der Waals surface area (Å²) in [5.41, 5.74) is 2.47. The highest BCUT2D eigenvalue weighted by Gasteiger charge is 2.30. The molecule has 1 aliphatic rings. The maximum absolute atomic E-state index is 12.2. The lowest BCUT2D eigenvalue weighted by Gasteiger charge is -2.17. The Balaban J connectivity index is 2.18. The van der Waals surface area contributed by atoms with E-state index in [1.54, 1.807) is 16.5 Å². The summed E-state index contributed by atoms with van der Waals surface area (Å²) in [7, 11) is 3.21. The van der Waals surface area contributed by atoms with Gasteiger partial charge in [-0.3, -0.25) is 14.3 Å². The number of carbonyl (C=O) groups is 2. The predicted octanol–water partition coefficient (Wildman–Crippen LogP) is 1.40. The molecule has 0 unspecified atom stereocenters. The molecular weight excluding hydrogens is 270 g/mol. The molecule has 0 bridgehead atoms. The Morgan fingerprint density at radius 1 is 1.43 bits per heavy atom. The molecule has 1 fully saturated rings. The van der Waals surface area contributed by atoms with Crippen molar-refractivity contribution in [2.75, 3.05) is 14.2 Å². The third-order valence-corrected chi connectivity index (χ3v) is 4.20. The van der Waals surface area contributed by atoms with Gasteiger partial charge in [-0.2, -0.15) is 5.10 Å². The summed E-state index contributed by atoms with van der Waals surface area (Å²) < 4.78 is 6.48. The number of nitrogens with zero attached hydrogens (tertiary/aromatic N) is 3. The number of ether oxygens (including phenoxy) is 1. The van der Waals surface area contributed by atoms with Gasteiger partial charge in [0.1, 0.15) is 6.54 Å². The third-order valence-electron chi connectivity index (χ3n) is 4.20. The molecule has 116 valence electrons. The highest BCUT2D eigenvalue weighted by Crippen LogP contribution is 2.27. The Morgan fingerprint density at radius 2 is 2.05 bits per heavy atom. The van der Waals surface area contributed by atoms with Gasteiger partial charge in [-0.25, -0.2) is 0 Å². The Bertz CT molecular complexity index is 561. The van der Waals surface area contributed by atoms with E-state index < -0.39 is 0 Å². The Hall–Kier alpha value is -1.85. The first kappa shape index (κ1) is 15.5. The summed E-state index contributed by atoms with van der Waals surface area (Å²) in [4.78, 5) is 25.7. The quantitative estimate of drug-likeness (QED) is 0.770. The number of carbonyl (C=O) groups excluding carboxylic acids is 2. The molecule has 1 aromatic heterocycles. The monoisotopic (exact) mass is 293 g/mol. The van der Waals surface area contributed by atoms with E-state index in [4.69, 9.17) is 4.74 Å². The van der Waals surface area contributed by atoms with Crippen molar-refractivity contribution in [1.82, 2.24) is 14.7 Å². The van der Waals surface area contributed by atoms with Crippen LogP contribution < -0.4 is 0 Å². The number of methoxy groups -OCH3 is 1. The van der Waals surface area contributed by atoms with Gasteiger partial charge in [0.2, 0.25) is 5.91 Å². The summed E-state index contributed by atoms with van der Waals surface area (Å²) in [5, 5.41) is 4.41. The fourth-order valence-electron chi connectivity index (χ4n) is 2.69. The van der Waals surface area contributed by atoms with Gasteiger partial charge in [0.25, 0.3) is 0 Å². The second-order valence-electron chi connectivity index (χ2n) is 5.72. The van der Waals surface area contributed by atoms with E-state index in [1.165, 1.54) is 7.11 Å². The number of amides is 1. The summed E-state index contributed by atoms with van der Waals surface area (Å²) in [5.74, 6) is -0.609. The average molecular weight is 293 g/mol. The first-order valence-electron chi connectivity index (χ1n) is 7.24. The molecule has 0 aromatic carbocycles. The van der Waals surface area contributed by atoms with E-state index in [0.29, 0.717) is 6.04 Å². The van der Waals surface area contributed by atoms with Crippen LogP contribution in [-0.4, -0.2) is 46.8 Å². The van der Waals surface area contributed by atoms with E-state index in [1.807, 2.05) is 20.9 Å². The highest BCUT2D eigenvalue weighted by atomic mass is 16.5. The van der Waals surface area contributed by atoms with Crippen molar-refractivity contribution in [2.24, 2.45) is 0 Å². The van der Waals surface area contributed by atoms with Crippen molar-refractivity contribution in [3.05, 3.63) is 17.0 Å². The van der Waals surface area contributed by atoms with Gasteiger partial charge in [0.05, 0.1) is 18.7 Å². The minimum absolute atomic E-state index is 0.0559. The zero-order chi connectivity index (χ0) is 15.7. The molecule has 0 spiro atoms. The zero-order valence-corrected chi connectivity index (χ0v) is 13.3. The van der Waals surface area contributed by atoms with Crippen molar-refractivity contribution >= 4 is 11.9 Å². The lowest BCUT2D eigenvalue weighted by atomic mass is 9.99. The van der Waals surface area contributed by atoms with Crippen LogP contribution in [0.4, 0.5) is 0 Å². The van der Waals surface area contributed by atoms with Crippen LogP contribution in [-0.2, 0) is 20.9 Å². The molecule has 1 amide bonds. The maximum atomic E-state index is 12.2. The third kappa shape index (κ3) is 3.09. The molecular formula is C15H23N3O3. The number of aryl methyl sites for hydroxylation is 1. The molecule has 0 radical (unpaired) electrons. The molecule has 1 saturated carbocycles. The topological polar surface area (TPSA) is 64.4 Å². The molecule has 1 heterocycles. The molecule has 1 aromatic rings. The largest absolute Gasteiger partial charge is 0.469 e. The smallest absolute Gasteiger partial charge is 0.312 e. The fraction of sp³-hybridized carbons (Fsp3) is 0.667. The standard InChI is InChI=1S/C15H23N3O3/c1-9(15(20)21-5)14-10(2)16-18(11(14)3)8-13(19)17(4)12-6-7-12/h9,12H,6-8H2,1-5H3/t9-/m0/s1. The van der Waals surface area contributed by atoms with E-state index in [9.17, 15) is 9.59 Å². The van der Waals surface area contributed by atoms with Gasteiger partial charge in [-0.1, -0.05) is 0 Å². The lowest BCUT2D eigenvalue weighted by Crippen LogP contribution is -2.32. The number of aromatic nitrogens is 2. The van der Waals surface area contributed by atoms with E-state index in [0.717, 1.165) is 29.8 Å².